The lowest BCUT2D eigenvalue weighted by Crippen LogP contribution is -2.58. The molecule has 1 heterocycles. The number of carbonyl (C=O) groups excluding carboxylic acids is 2. The van der Waals surface area contributed by atoms with Gasteiger partial charge in [0.15, 0.2) is 0 Å². The third-order valence-electron chi connectivity index (χ3n) is 2.63. The van der Waals surface area contributed by atoms with Crippen molar-refractivity contribution in [2.75, 3.05) is 26.7 Å². The van der Waals surface area contributed by atoms with Gasteiger partial charge in [0.2, 0.25) is 5.91 Å². The smallest absolute Gasteiger partial charge is 0.410 e. The van der Waals surface area contributed by atoms with Crippen LogP contribution in [0.3, 0.4) is 0 Å². The van der Waals surface area contributed by atoms with Crippen LogP contribution in [-0.4, -0.2) is 60.1 Å². The lowest BCUT2D eigenvalue weighted by Gasteiger charge is -2.38. The molecule has 1 aliphatic rings. The van der Waals surface area contributed by atoms with Gasteiger partial charge in [-0.25, -0.2) is 4.79 Å². The van der Waals surface area contributed by atoms with E-state index in [0.717, 1.165) is 0 Å². The third-order valence-corrected chi connectivity index (χ3v) is 2.63. The fourth-order valence-electron chi connectivity index (χ4n) is 1.67. The van der Waals surface area contributed by atoms with Gasteiger partial charge in [-0.15, -0.1) is 0 Å². The molecule has 0 unspecified atom stereocenters. The molecule has 0 spiro atoms. The molecule has 98 valence electrons. The van der Waals surface area contributed by atoms with Gasteiger partial charge >= 0.3 is 6.09 Å². The topological polar surface area (TPSA) is 75.9 Å². The first-order valence-electron chi connectivity index (χ1n) is 5.68. The number of hydrogen-bond donors (Lipinski definition) is 1. The summed E-state index contributed by atoms with van der Waals surface area (Å²) in [6.45, 7) is 6.90. The minimum atomic E-state index is -0.525. The van der Waals surface area contributed by atoms with Gasteiger partial charge in [-0.1, -0.05) is 0 Å². The van der Waals surface area contributed by atoms with Crippen molar-refractivity contribution in [3.8, 4) is 0 Å². The molecule has 6 heteroatoms. The van der Waals surface area contributed by atoms with Crippen LogP contribution in [0.1, 0.15) is 20.8 Å². The van der Waals surface area contributed by atoms with E-state index in [9.17, 15) is 9.59 Å². The Hall–Kier alpha value is -1.30. The standard InChI is InChI=1S/C11H21N3O3/c1-11(2,3)17-10(16)14-6-5-13(4)8(7-14)9(12)15/h8H,5-7H2,1-4H3,(H2,12,15)/t8-/m1/s1. The van der Waals surface area contributed by atoms with Gasteiger partial charge in [-0.2, -0.15) is 0 Å². The zero-order chi connectivity index (χ0) is 13.2. The molecule has 0 aromatic carbocycles. The Bertz CT molecular complexity index is 312. The molecule has 0 aromatic rings. The second-order valence-electron chi connectivity index (χ2n) is 5.33. The van der Waals surface area contributed by atoms with E-state index in [1.807, 2.05) is 32.7 Å². The number of hydrogen-bond acceptors (Lipinski definition) is 4. The predicted molar refractivity (Wildman–Crippen MR) is 63.4 cm³/mol. The number of likely N-dealkylation sites (N-methyl/N-ethyl adjacent to an activating group) is 1. The van der Waals surface area contributed by atoms with Gasteiger partial charge < -0.3 is 15.4 Å². The summed E-state index contributed by atoms with van der Waals surface area (Å²) in [6, 6.07) is -0.434. The number of primary amides is 1. The summed E-state index contributed by atoms with van der Waals surface area (Å²) in [5.41, 5.74) is 4.76. The fraction of sp³-hybridized carbons (Fsp3) is 0.818. The molecule has 0 aliphatic carbocycles. The first-order chi connectivity index (χ1) is 7.70. The molecular weight excluding hydrogens is 222 g/mol. The molecule has 1 atom stereocenters. The summed E-state index contributed by atoms with van der Waals surface area (Å²) in [7, 11) is 1.82. The Morgan fingerprint density at radius 2 is 1.88 bits per heavy atom. The van der Waals surface area contributed by atoms with Crippen molar-refractivity contribution in [2.24, 2.45) is 5.73 Å². The van der Waals surface area contributed by atoms with E-state index in [2.05, 4.69) is 0 Å². The number of amides is 2. The van der Waals surface area contributed by atoms with Crippen molar-refractivity contribution >= 4 is 12.0 Å². The Labute approximate surface area is 102 Å². The van der Waals surface area contributed by atoms with Crippen LogP contribution in [-0.2, 0) is 9.53 Å². The number of ether oxygens (including phenoxy) is 1. The lowest BCUT2D eigenvalue weighted by molar-refractivity contribution is -0.124. The van der Waals surface area contributed by atoms with Crippen LogP contribution in [0.2, 0.25) is 0 Å². The average molecular weight is 243 g/mol. The summed E-state index contributed by atoms with van der Waals surface area (Å²) in [6.07, 6.45) is -0.392. The largest absolute Gasteiger partial charge is 0.444 e. The quantitative estimate of drug-likeness (QED) is 0.704. The van der Waals surface area contributed by atoms with Crippen molar-refractivity contribution in [1.29, 1.82) is 0 Å². The Morgan fingerprint density at radius 1 is 1.29 bits per heavy atom. The molecular formula is C11H21N3O3. The molecule has 2 amide bonds. The maximum Gasteiger partial charge on any atom is 0.410 e. The molecule has 1 aliphatic heterocycles. The van der Waals surface area contributed by atoms with Crippen molar-refractivity contribution in [1.82, 2.24) is 9.80 Å². The van der Waals surface area contributed by atoms with E-state index in [4.69, 9.17) is 10.5 Å². The molecule has 2 N–H and O–H groups in total. The Balaban J connectivity index is 2.62. The van der Waals surface area contributed by atoms with E-state index in [-0.39, 0.29) is 0 Å². The fourth-order valence-corrected chi connectivity index (χ4v) is 1.67. The van der Waals surface area contributed by atoms with E-state index in [1.54, 1.807) is 0 Å². The number of nitrogens with two attached hydrogens (primary N) is 1. The predicted octanol–water partition coefficient (Wildman–Crippen LogP) is 0.0228. The highest BCUT2D eigenvalue weighted by atomic mass is 16.6. The van der Waals surface area contributed by atoms with Crippen LogP contribution in [0.5, 0.6) is 0 Å². The first kappa shape index (κ1) is 13.8. The Kier molecular flexibility index (Phi) is 3.98. The van der Waals surface area contributed by atoms with Crippen LogP contribution in [0.15, 0.2) is 0 Å². The zero-order valence-corrected chi connectivity index (χ0v) is 10.9. The maximum atomic E-state index is 11.8. The zero-order valence-electron chi connectivity index (χ0n) is 10.9. The minimum absolute atomic E-state index is 0.292. The van der Waals surface area contributed by atoms with Crippen molar-refractivity contribution in [3.05, 3.63) is 0 Å². The van der Waals surface area contributed by atoms with Gasteiger partial charge in [0.05, 0.1) is 0 Å². The first-order valence-corrected chi connectivity index (χ1v) is 5.68. The van der Waals surface area contributed by atoms with Crippen LogP contribution < -0.4 is 5.73 Å². The minimum Gasteiger partial charge on any atom is -0.444 e. The van der Waals surface area contributed by atoms with Crippen molar-refractivity contribution in [3.63, 3.8) is 0 Å². The number of carbonyl (C=O) groups is 2. The van der Waals surface area contributed by atoms with Crippen LogP contribution in [0.25, 0.3) is 0 Å². The molecule has 1 rings (SSSR count). The number of rotatable bonds is 1. The van der Waals surface area contributed by atoms with E-state index in [1.165, 1.54) is 4.90 Å². The van der Waals surface area contributed by atoms with Gasteiger partial charge in [0.1, 0.15) is 11.6 Å². The molecule has 0 bridgehead atoms. The summed E-state index contributed by atoms with van der Waals surface area (Å²) in [5.74, 6) is -0.416. The molecule has 0 aromatic heterocycles. The average Bonchev–Trinajstić information content (AvgIpc) is 2.14. The third kappa shape index (κ3) is 3.89. The normalized spacial score (nSPS) is 22.4. The molecule has 17 heavy (non-hydrogen) atoms. The van der Waals surface area contributed by atoms with Gasteiger partial charge in [0.25, 0.3) is 0 Å². The molecule has 0 radical (unpaired) electrons. The highest BCUT2D eigenvalue weighted by Gasteiger charge is 2.32. The second kappa shape index (κ2) is 4.91. The maximum absolute atomic E-state index is 11.8. The number of piperazine rings is 1. The monoisotopic (exact) mass is 243 g/mol. The summed E-state index contributed by atoms with van der Waals surface area (Å²) < 4.78 is 5.26. The number of nitrogens with zero attached hydrogens (tertiary/aromatic N) is 2. The van der Waals surface area contributed by atoms with Gasteiger partial charge in [-0.3, -0.25) is 9.69 Å². The van der Waals surface area contributed by atoms with E-state index in [0.29, 0.717) is 19.6 Å². The second-order valence-corrected chi connectivity index (χ2v) is 5.33. The summed E-state index contributed by atoms with van der Waals surface area (Å²) >= 11 is 0. The van der Waals surface area contributed by atoms with Crippen LogP contribution in [0.4, 0.5) is 4.79 Å². The highest BCUT2D eigenvalue weighted by Crippen LogP contribution is 2.13. The molecule has 0 saturated carbocycles. The van der Waals surface area contributed by atoms with Gasteiger partial charge in [-0.05, 0) is 27.8 Å². The summed E-state index contributed by atoms with van der Waals surface area (Å²) in [5, 5.41) is 0. The highest BCUT2D eigenvalue weighted by molar-refractivity contribution is 5.81. The van der Waals surface area contributed by atoms with Crippen molar-refractivity contribution < 1.29 is 14.3 Å². The lowest BCUT2D eigenvalue weighted by atomic mass is 10.1. The van der Waals surface area contributed by atoms with Gasteiger partial charge in [0, 0.05) is 19.6 Å². The molecule has 6 nitrogen and oxygen atoms in total. The molecule has 1 fully saturated rings. The van der Waals surface area contributed by atoms with E-state index < -0.39 is 23.6 Å². The Morgan fingerprint density at radius 3 is 2.35 bits per heavy atom. The van der Waals surface area contributed by atoms with Crippen LogP contribution >= 0.6 is 0 Å². The SMILES string of the molecule is CN1CCN(C(=O)OC(C)(C)C)C[C@@H]1C(N)=O. The van der Waals surface area contributed by atoms with E-state index >= 15 is 0 Å². The van der Waals surface area contributed by atoms with Crippen LogP contribution in [0, 0.1) is 0 Å². The molecule has 1 saturated heterocycles. The van der Waals surface area contributed by atoms with Crippen molar-refractivity contribution in [2.45, 2.75) is 32.4 Å². The summed E-state index contributed by atoms with van der Waals surface area (Å²) in [4.78, 5) is 26.4.